The lowest BCUT2D eigenvalue weighted by molar-refractivity contribution is -0.131. The van der Waals surface area contributed by atoms with Crippen LogP contribution in [0.25, 0.3) is 5.57 Å². The zero-order valence-corrected chi connectivity index (χ0v) is 25.0. The molecule has 0 unspecified atom stereocenters. The number of unbranched alkanes of at least 4 members (excludes halogenated alkanes) is 12. The number of pyridine rings is 1. The number of carbonyl (C=O) groups excluding carboxylic acids is 1. The zero-order valence-electron chi connectivity index (χ0n) is 24.3. The number of aryl methyl sites for hydroxylation is 2. The molecule has 2 aromatic rings. The second-order valence-corrected chi connectivity index (χ2v) is 12.1. The highest BCUT2D eigenvalue weighted by Gasteiger charge is 2.26. The molecule has 2 heterocycles. The minimum Gasteiger partial charge on any atom is -0.342 e. The summed E-state index contributed by atoms with van der Waals surface area (Å²) in [6.45, 7) is 3.92. The summed E-state index contributed by atoms with van der Waals surface area (Å²) in [5.74, 6) is 0.341. The number of carbonyl (C=O) groups is 1. The van der Waals surface area contributed by atoms with Gasteiger partial charge >= 0.3 is 0 Å². The summed E-state index contributed by atoms with van der Waals surface area (Å²) in [6, 6.07) is 10.6. The van der Waals surface area contributed by atoms with Gasteiger partial charge < -0.3 is 4.90 Å². The molecule has 1 amide bonds. The van der Waals surface area contributed by atoms with Crippen LogP contribution in [0.15, 0.2) is 42.1 Å². The highest BCUT2D eigenvalue weighted by Crippen LogP contribution is 2.38. The number of hydrogen-bond acceptors (Lipinski definition) is 2. The average molecular weight is 549 g/mol. The molecule has 1 saturated heterocycles. The summed E-state index contributed by atoms with van der Waals surface area (Å²) >= 11 is 6.37. The number of halogens is 1. The lowest BCUT2D eigenvalue weighted by atomic mass is 9.88. The Hall–Kier alpha value is -2.13. The Kier molecular flexibility index (Phi) is 12.4. The van der Waals surface area contributed by atoms with Gasteiger partial charge in [-0.1, -0.05) is 113 Å². The molecule has 0 spiro atoms. The molecule has 1 fully saturated rings. The molecule has 0 bridgehead atoms. The van der Waals surface area contributed by atoms with E-state index in [4.69, 9.17) is 16.6 Å². The van der Waals surface area contributed by atoms with E-state index in [1.165, 1.54) is 105 Å². The first-order valence-electron chi connectivity index (χ1n) is 15.9. The fraction of sp³-hybridized carbons (Fsp3) is 0.600. The van der Waals surface area contributed by atoms with Gasteiger partial charge in [0.15, 0.2) is 0 Å². The summed E-state index contributed by atoms with van der Waals surface area (Å²) in [5.41, 5.74) is 7.75. The third-order valence-corrected chi connectivity index (χ3v) is 8.93. The van der Waals surface area contributed by atoms with E-state index in [0.29, 0.717) is 12.3 Å². The van der Waals surface area contributed by atoms with Crippen LogP contribution >= 0.6 is 11.6 Å². The Bertz CT molecular complexity index is 1080. The van der Waals surface area contributed by atoms with Crippen molar-refractivity contribution in [1.29, 1.82) is 0 Å². The molecule has 3 nitrogen and oxygen atoms in total. The molecule has 2 aliphatic rings. The molecule has 1 aliphatic carbocycles. The summed E-state index contributed by atoms with van der Waals surface area (Å²) in [5, 5.41) is 0.797. The highest BCUT2D eigenvalue weighted by molar-refractivity contribution is 6.30. The largest absolute Gasteiger partial charge is 0.342 e. The number of likely N-dealkylation sites (tertiary alicyclic amines) is 1. The minimum atomic E-state index is 0.341. The second kappa shape index (κ2) is 16.2. The second-order valence-electron chi connectivity index (χ2n) is 11.7. The van der Waals surface area contributed by atoms with E-state index in [0.717, 1.165) is 55.9 Å². The molecule has 1 aromatic heterocycles. The minimum absolute atomic E-state index is 0.341. The van der Waals surface area contributed by atoms with E-state index < -0.39 is 0 Å². The fourth-order valence-electron chi connectivity index (χ4n) is 6.36. The number of hydrogen-bond donors (Lipinski definition) is 0. The molecule has 4 heteroatoms. The maximum atomic E-state index is 13.0. The number of rotatable bonds is 14. The van der Waals surface area contributed by atoms with E-state index in [9.17, 15) is 4.79 Å². The van der Waals surface area contributed by atoms with Crippen molar-refractivity contribution in [2.45, 2.75) is 122 Å². The fourth-order valence-corrected chi connectivity index (χ4v) is 6.56. The standard InChI is InChI=1S/C35H49ClN2O/c1-2-3-4-5-6-7-8-9-10-11-12-13-14-17-33(39)38-25-22-28(23-26-38)34-32-21-20-31(36)27-30(32)19-18-29-16-15-24-37-35(29)34/h15-16,20-21,24,27H,2-14,17-19,22-23,25-26H2,1H3. The highest BCUT2D eigenvalue weighted by atomic mass is 35.5. The van der Waals surface area contributed by atoms with E-state index in [-0.39, 0.29) is 0 Å². The molecule has 0 radical (unpaired) electrons. The van der Waals surface area contributed by atoms with Crippen LogP contribution < -0.4 is 0 Å². The molecular formula is C35H49ClN2O. The van der Waals surface area contributed by atoms with Crippen LogP contribution in [0.2, 0.25) is 5.02 Å². The third-order valence-electron chi connectivity index (χ3n) is 8.70. The van der Waals surface area contributed by atoms with Crippen molar-refractivity contribution >= 4 is 23.1 Å². The number of amides is 1. The quantitative estimate of drug-likeness (QED) is 0.220. The van der Waals surface area contributed by atoms with Gasteiger partial charge in [0.2, 0.25) is 5.91 Å². The van der Waals surface area contributed by atoms with Crippen LogP contribution in [0.5, 0.6) is 0 Å². The van der Waals surface area contributed by atoms with E-state index in [2.05, 4.69) is 30.0 Å². The van der Waals surface area contributed by atoms with Crippen molar-refractivity contribution in [2.75, 3.05) is 13.1 Å². The smallest absolute Gasteiger partial charge is 0.222 e. The average Bonchev–Trinajstić information content (AvgIpc) is 3.12. The van der Waals surface area contributed by atoms with Crippen molar-refractivity contribution < 1.29 is 4.79 Å². The van der Waals surface area contributed by atoms with E-state index in [1.807, 2.05) is 18.3 Å². The summed E-state index contributed by atoms with van der Waals surface area (Å²) in [6.07, 6.45) is 23.8. The van der Waals surface area contributed by atoms with Crippen molar-refractivity contribution in [3.05, 3.63) is 69.5 Å². The maximum absolute atomic E-state index is 13.0. The Balaban J connectivity index is 1.19. The van der Waals surface area contributed by atoms with Gasteiger partial charge in [-0.15, -0.1) is 0 Å². The molecule has 0 N–H and O–H groups in total. The summed E-state index contributed by atoms with van der Waals surface area (Å²) in [4.78, 5) is 19.9. The Morgan fingerprint density at radius 3 is 2.08 bits per heavy atom. The first kappa shape index (κ1) is 29.8. The molecule has 0 atom stereocenters. The molecular weight excluding hydrogens is 500 g/mol. The van der Waals surface area contributed by atoms with Crippen LogP contribution in [0.1, 0.15) is 132 Å². The maximum Gasteiger partial charge on any atom is 0.222 e. The van der Waals surface area contributed by atoms with Gasteiger partial charge in [0.1, 0.15) is 0 Å². The predicted octanol–water partition coefficient (Wildman–Crippen LogP) is 9.74. The number of fused-ring (bicyclic) bond motifs is 2. The van der Waals surface area contributed by atoms with Crippen molar-refractivity contribution in [3.63, 3.8) is 0 Å². The van der Waals surface area contributed by atoms with Crippen LogP contribution in [0.4, 0.5) is 0 Å². The molecule has 4 rings (SSSR count). The van der Waals surface area contributed by atoms with E-state index >= 15 is 0 Å². The van der Waals surface area contributed by atoms with Gasteiger partial charge in [-0.25, -0.2) is 0 Å². The summed E-state index contributed by atoms with van der Waals surface area (Å²) in [7, 11) is 0. The van der Waals surface area contributed by atoms with Gasteiger partial charge in [0, 0.05) is 36.3 Å². The number of piperidine rings is 1. The van der Waals surface area contributed by atoms with Crippen molar-refractivity contribution in [2.24, 2.45) is 0 Å². The lowest BCUT2D eigenvalue weighted by Gasteiger charge is -2.30. The van der Waals surface area contributed by atoms with Crippen LogP contribution in [-0.4, -0.2) is 28.9 Å². The Labute approximate surface area is 242 Å². The lowest BCUT2D eigenvalue weighted by Crippen LogP contribution is -2.36. The van der Waals surface area contributed by atoms with Gasteiger partial charge in [-0.05, 0) is 67.0 Å². The third kappa shape index (κ3) is 8.93. The molecule has 1 aromatic carbocycles. The first-order valence-corrected chi connectivity index (χ1v) is 16.3. The normalized spacial score (nSPS) is 15.2. The monoisotopic (exact) mass is 548 g/mol. The van der Waals surface area contributed by atoms with Crippen molar-refractivity contribution in [3.8, 4) is 0 Å². The number of benzene rings is 1. The van der Waals surface area contributed by atoms with Gasteiger partial charge in [0.05, 0.1) is 5.69 Å². The summed E-state index contributed by atoms with van der Waals surface area (Å²) < 4.78 is 0. The molecule has 39 heavy (non-hydrogen) atoms. The van der Waals surface area contributed by atoms with Crippen molar-refractivity contribution in [1.82, 2.24) is 9.88 Å². The van der Waals surface area contributed by atoms with Gasteiger partial charge in [-0.2, -0.15) is 0 Å². The van der Waals surface area contributed by atoms with Crippen LogP contribution in [0.3, 0.4) is 0 Å². The molecule has 212 valence electrons. The van der Waals surface area contributed by atoms with Gasteiger partial charge in [-0.3, -0.25) is 9.78 Å². The topological polar surface area (TPSA) is 33.2 Å². The van der Waals surface area contributed by atoms with Crippen LogP contribution in [0, 0.1) is 0 Å². The number of nitrogens with zero attached hydrogens (tertiary/aromatic N) is 2. The van der Waals surface area contributed by atoms with E-state index in [1.54, 1.807) is 0 Å². The SMILES string of the molecule is CCCCCCCCCCCCCCCC(=O)N1CCC(=C2c3ccc(Cl)cc3CCc3cccnc32)CC1. The Morgan fingerprint density at radius 2 is 1.41 bits per heavy atom. The zero-order chi connectivity index (χ0) is 27.3. The first-order chi connectivity index (χ1) is 19.2. The Morgan fingerprint density at radius 1 is 0.795 bits per heavy atom. The van der Waals surface area contributed by atoms with Crippen LogP contribution in [-0.2, 0) is 17.6 Å². The molecule has 0 saturated carbocycles. The number of aromatic nitrogens is 1. The van der Waals surface area contributed by atoms with Gasteiger partial charge in [0.25, 0.3) is 0 Å². The predicted molar refractivity (Wildman–Crippen MR) is 165 cm³/mol. The molecule has 1 aliphatic heterocycles.